The summed E-state index contributed by atoms with van der Waals surface area (Å²) in [4.78, 5) is 47.7. The van der Waals surface area contributed by atoms with Crippen molar-refractivity contribution in [3.8, 4) is 0 Å². The zero-order valence-corrected chi connectivity index (χ0v) is 29.3. The Morgan fingerprint density at radius 2 is 1.48 bits per heavy atom. The molecule has 2 aliphatic heterocycles. The molecule has 2 heterocycles. The molecular weight excluding hydrogens is 648 g/mol. The van der Waals surface area contributed by atoms with E-state index in [0.717, 1.165) is 25.7 Å². The number of ether oxygens (including phenoxy) is 5. The molecule has 1 spiro atoms. The molecule has 270 valence electrons. The molecule has 4 fully saturated rings. The first-order valence-corrected chi connectivity index (χ1v) is 17.4. The Labute approximate surface area is 291 Å². The van der Waals surface area contributed by atoms with E-state index in [9.17, 15) is 29.8 Å². The second-order valence-corrected chi connectivity index (χ2v) is 15.5. The minimum absolute atomic E-state index is 0.0451. The average Bonchev–Trinajstić information content (AvgIpc) is 3.48. The van der Waals surface area contributed by atoms with Crippen LogP contribution < -0.4 is 0 Å². The number of esters is 2. The van der Waals surface area contributed by atoms with Gasteiger partial charge >= 0.3 is 11.9 Å². The number of hydrogen-bond donors (Lipinski definition) is 0. The fourth-order valence-electron chi connectivity index (χ4n) is 9.53. The molecule has 2 saturated carbocycles. The van der Waals surface area contributed by atoms with Gasteiger partial charge in [-0.2, -0.15) is 0 Å². The van der Waals surface area contributed by atoms with E-state index in [1.54, 1.807) is 0 Å². The van der Waals surface area contributed by atoms with Crippen molar-refractivity contribution in [2.24, 2.45) is 22.7 Å². The Hall–Kier alpha value is -3.94. The van der Waals surface area contributed by atoms with Crippen molar-refractivity contribution in [1.82, 2.24) is 0 Å². The predicted octanol–water partition coefficient (Wildman–Crippen LogP) is 7.20. The molecule has 6 rings (SSSR count). The third-order valence-corrected chi connectivity index (χ3v) is 12.2. The Kier molecular flexibility index (Phi) is 9.32. The van der Waals surface area contributed by atoms with Crippen molar-refractivity contribution < 1.29 is 43.1 Å². The number of non-ortho nitro benzene ring substituents is 2. The number of nitro groups is 2. The van der Waals surface area contributed by atoms with Crippen LogP contribution in [0.3, 0.4) is 0 Å². The molecule has 7 atom stereocenters. The van der Waals surface area contributed by atoms with E-state index in [2.05, 4.69) is 20.8 Å². The normalized spacial score (nSPS) is 34.3. The molecule has 7 unspecified atom stereocenters. The Morgan fingerprint density at radius 3 is 2.10 bits per heavy atom. The highest BCUT2D eigenvalue weighted by atomic mass is 16.7. The van der Waals surface area contributed by atoms with Gasteiger partial charge in [0.05, 0.1) is 45.9 Å². The molecule has 0 bridgehead atoms. The summed E-state index contributed by atoms with van der Waals surface area (Å²) in [6.45, 7) is 11.1. The summed E-state index contributed by atoms with van der Waals surface area (Å²) in [6, 6.07) is 10.7. The number of carbonyl (C=O) groups excluding carboxylic acids is 2. The monoisotopic (exact) mass is 694 g/mol. The number of rotatable bonds is 9. The number of carbonyl (C=O) groups is 2. The summed E-state index contributed by atoms with van der Waals surface area (Å²) < 4.78 is 31.6. The average molecular weight is 695 g/mol. The Balaban J connectivity index is 1.26. The molecule has 2 aromatic rings. The summed E-state index contributed by atoms with van der Waals surface area (Å²) in [7, 11) is 0. The Bertz CT molecular complexity index is 1680. The first-order valence-electron chi connectivity index (χ1n) is 17.4. The van der Waals surface area contributed by atoms with Crippen LogP contribution in [-0.4, -0.2) is 64.7 Å². The van der Waals surface area contributed by atoms with Crippen LogP contribution in [0.5, 0.6) is 0 Å². The summed E-state index contributed by atoms with van der Waals surface area (Å²) >= 11 is 0. The summed E-state index contributed by atoms with van der Waals surface area (Å²) in [5, 5.41) is 22.6. The summed E-state index contributed by atoms with van der Waals surface area (Å²) in [5.74, 6) is -1.68. The van der Waals surface area contributed by atoms with Crippen LogP contribution in [0.15, 0.2) is 48.5 Å². The van der Waals surface area contributed by atoms with Crippen LogP contribution in [0, 0.1) is 42.9 Å². The maximum Gasteiger partial charge on any atom is 0.338 e. The zero-order valence-electron chi connectivity index (χ0n) is 29.3. The third-order valence-electron chi connectivity index (χ3n) is 12.2. The zero-order chi connectivity index (χ0) is 36.1. The number of nitrogens with zero attached hydrogens (tertiary/aromatic N) is 2. The molecule has 2 aliphatic carbocycles. The standard InChI is InChI=1S/C37H46N2O11/c1-24-12-13-29-34(4)22-48-33(2,3)49-30(34)14-15-35(29,5)37(24)17-16-36(50-37,23-47-32(41)26-9-7-11-28(21-26)39(44)45)18-19-46-31(40)25-8-6-10-27(20-25)38(42)43/h6-11,20-21,24,29-30H,12-19,22-23H2,1-5H3. The first-order chi connectivity index (χ1) is 23.5. The van der Waals surface area contributed by atoms with Crippen molar-refractivity contribution in [3.05, 3.63) is 79.9 Å². The van der Waals surface area contributed by atoms with Gasteiger partial charge in [0, 0.05) is 41.5 Å². The Morgan fingerprint density at radius 1 is 0.860 bits per heavy atom. The van der Waals surface area contributed by atoms with Crippen molar-refractivity contribution in [2.75, 3.05) is 19.8 Å². The van der Waals surface area contributed by atoms with Gasteiger partial charge < -0.3 is 23.7 Å². The largest absolute Gasteiger partial charge is 0.462 e. The maximum atomic E-state index is 13.3. The highest BCUT2D eigenvalue weighted by Gasteiger charge is 2.70. The second kappa shape index (κ2) is 13.0. The van der Waals surface area contributed by atoms with E-state index in [1.807, 2.05) is 13.8 Å². The molecule has 0 radical (unpaired) electrons. The van der Waals surface area contributed by atoms with E-state index in [0.29, 0.717) is 19.4 Å². The molecule has 2 aromatic carbocycles. The third kappa shape index (κ3) is 6.28. The van der Waals surface area contributed by atoms with Gasteiger partial charge in [0.25, 0.3) is 11.4 Å². The van der Waals surface area contributed by atoms with E-state index >= 15 is 0 Å². The van der Waals surface area contributed by atoms with Crippen molar-refractivity contribution >= 4 is 23.3 Å². The van der Waals surface area contributed by atoms with Gasteiger partial charge in [0.1, 0.15) is 12.2 Å². The molecule has 0 aromatic heterocycles. The quantitative estimate of drug-likeness (QED) is 0.148. The minimum Gasteiger partial charge on any atom is -0.462 e. The van der Waals surface area contributed by atoms with Gasteiger partial charge in [-0.1, -0.05) is 32.9 Å². The molecule has 4 aliphatic rings. The van der Waals surface area contributed by atoms with E-state index in [-0.39, 0.29) is 70.9 Å². The van der Waals surface area contributed by atoms with E-state index < -0.39 is 38.8 Å². The molecule has 50 heavy (non-hydrogen) atoms. The number of benzene rings is 2. The van der Waals surface area contributed by atoms with Crippen molar-refractivity contribution in [3.63, 3.8) is 0 Å². The lowest BCUT2D eigenvalue weighted by Gasteiger charge is -2.67. The van der Waals surface area contributed by atoms with Crippen LogP contribution in [0.2, 0.25) is 0 Å². The molecule has 13 heteroatoms. The van der Waals surface area contributed by atoms with Gasteiger partial charge in [-0.3, -0.25) is 20.2 Å². The second-order valence-electron chi connectivity index (χ2n) is 15.5. The predicted molar refractivity (Wildman–Crippen MR) is 179 cm³/mol. The van der Waals surface area contributed by atoms with Crippen molar-refractivity contribution in [2.45, 2.75) is 103 Å². The minimum atomic E-state index is -1.03. The van der Waals surface area contributed by atoms with Crippen molar-refractivity contribution in [1.29, 1.82) is 0 Å². The van der Waals surface area contributed by atoms with Crippen LogP contribution in [-0.2, 0) is 23.7 Å². The van der Waals surface area contributed by atoms with Gasteiger partial charge in [-0.15, -0.1) is 0 Å². The van der Waals surface area contributed by atoms with Gasteiger partial charge in [-0.05, 0) is 76.3 Å². The number of nitro benzene ring substituents is 2. The summed E-state index contributed by atoms with van der Waals surface area (Å²) in [5.41, 5.74) is -2.46. The van der Waals surface area contributed by atoms with Crippen LogP contribution >= 0.6 is 0 Å². The lowest BCUT2D eigenvalue weighted by Crippen LogP contribution is -2.69. The number of hydrogen-bond acceptors (Lipinski definition) is 11. The van der Waals surface area contributed by atoms with Gasteiger partial charge in [0.2, 0.25) is 0 Å². The lowest BCUT2D eigenvalue weighted by molar-refractivity contribution is -0.385. The molecule has 13 nitrogen and oxygen atoms in total. The van der Waals surface area contributed by atoms with Gasteiger partial charge in [0.15, 0.2) is 5.79 Å². The SMILES string of the molecule is CC1CCC2C3(C)COC(C)(C)OC3CCC2(C)C12CCC(CCOC(=O)c1cccc([N+](=O)[O-])c1)(COC(=O)c1cccc([N+](=O)[O-])c1)O2. The molecular formula is C37H46N2O11. The lowest BCUT2D eigenvalue weighted by atomic mass is 9.43. The highest BCUT2D eigenvalue weighted by Crippen LogP contribution is 2.69. The van der Waals surface area contributed by atoms with Crippen LogP contribution in [0.25, 0.3) is 0 Å². The molecule has 2 saturated heterocycles. The first kappa shape index (κ1) is 35.9. The molecule has 0 amide bonds. The van der Waals surface area contributed by atoms with Gasteiger partial charge in [-0.25, -0.2) is 9.59 Å². The van der Waals surface area contributed by atoms with E-state index in [1.165, 1.54) is 48.5 Å². The fraction of sp³-hybridized carbons (Fsp3) is 0.622. The maximum absolute atomic E-state index is 13.3. The molecule has 0 N–H and O–H groups in total. The summed E-state index contributed by atoms with van der Waals surface area (Å²) in [6.07, 6.45) is 5.12. The number of fused-ring (bicyclic) bond motifs is 4. The highest BCUT2D eigenvalue weighted by molar-refractivity contribution is 5.90. The van der Waals surface area contributed by atoms with Crippen LogP contribution in [0.4, 0.5) is 11.4 Å². The topological polar surface area (TPSA) is 167 Å². The fourth-order valence-corrected chi connectivity index (χ4v) is 9.53. The van der Waals surface area contributed by atoms with E-state index in [4.69, 9.17) is 23.7 Å². The smallest absolute Gasteiger partial charge is 0.338 e. The van der Waals surface area contributed by atoms with Crippen LogP contribution in [0.1, 0.15) is 100 Å².